The maximum absolute atomic E-state index is 12.2. The third kappa shape index (κ3) is 4.06. The summed E-state index contributed by atoms with van der Waals surface area (Å²) >= 11 is 1.71. The van der Waals surface area contributed by atoms with E-state index >= 15 is 0 Å². The highest BCUT2D eigenvalue weighted by Crippen LogP contribution is 2.28. The molecule has 2 heterocycles. The van der Waals surface area contributed by atoms with Gasteiger partial charge >= 0.3 is 0 Å². The van der Waals surface area contributed by atoms with Crippen LogP contribution in [-0.4, -0.2) is 36.5 Å². The molecule has 1 N–H and O–H groups in total. The van der Waals surface area contributed by atoms with Crippen LogP contribution in [0.15, 0.2) is 16.8 Å². The lowest BCUT2D eigenvalue weighted by atomic mass is 10.0. The first-order valence-corrected chi connectivity index (χ1v) is 8.78. The summed E-state index contributed by atoms with van der Waals surface area (Å²) in [6.07, 6.45) is 6.62. The topological polar surface area (TPSA) is 32.3 Å². The summed E-state index contributed by atoms with van der Waals surface area (Å²) in [6.45, 7) is 3.06. The van der Waals surface area contributed by atoms with E-state index in [2.05, 4.69) is 27.0 Å². The molecule has 3 rings (SSSR count). The smallest absolute Gasteiger partial charge is 0.222 e. The second-order valence-electron chi connectivity index (χ2n) is 6.14. The van der Waals surface area contributed by atoms with Crippen LogP contribution in [0, 0.1) is 5.92 Å². The molecular formula is C16H24N2OS. The van der Waals surface area contributed by atoms with Crippen molar-refractivity contribution in [3.63, 3.8) is 0 Å². The van der Waals surface area contributed by atoms with Crippen molar-refractivity contribution in [1.82, 2.24) is 10.2 Å². The summed E-state index contributed by atoms with van der Waals surface area (Å²) in [5, 5.41) is 7.88. The number of carbonyl (C=O) groups is 1. The zero-order valence-corrected chi connectivity index (χ0v) is 12.8. The summed E-state index contributed by atoms with van der Waals surface area (Å²) in [7, 11) is 0. The van der Waals surface area contributed by atoms with Crippen molar-refractivity contribution in [2.45, 2.75) is 44.6 Å². The van der Waals surface area contributed by atoms with Gasteiger partial charge in [-0.1, -0.05) is 0 Å². The van der Waals surface area contributed by atoms with Gasteiger partial charge in [0.2, 0.25) is 5.91 Å². The molecule has 1 saturated heterocycles. The summed E-state index contributed by atoms with van der Waals surface area (Å²) in [5.74, 6) is 1.28. The molecule has 0 unspecified atom stereocenters. The lowest BCUT2D eigenvalue weighted by Gasteiger charge is -2.32. The average Bonchev–Trinajstić information content (AvgIpc) is 3.17. The summed E-state index contributed by atoms with van der Waals surface area (Å²) in [6, 6.07) is 2.75. The minimum Gasteiger partial charge on any atom is -0.343 e. The second-order valence-corrected chi connectivity index (χ2v) is 6.92. The van der Waals surface area contributed by atoms with E-state index in [1.807, 2.05) is 0 Å². The number of aryl methyl sites for hydroxylation is 1. The van der Waals surface area contributed by atoms with Crippen molar-refractivity contribution < 1.29 is 4.79 Å². The number of carbonyl (C=O) groups excluding carboxylic acids is 1. The molecule has 1 aromatic rings. The van der Waals surface area contributed by atoms with Gasteiger partial charge in [-0.2, -0.15) is 11.3 Å². The molecule has 1 amide bonds. The van der Waals surface area contributed by atoms with Crippen molar-refractivity contribution >= 4 is 17.2 Å². The van der Waals surface area contributed by atoms with Crippen LogP contribution in [-0.2, 0) is 11.2 Å². The zero-order chi connectivity index (χ0) is 13.8. The Balaban J connectivity index is 1.35. The van der Waals surface area contributed by atoms with Crippen LogP contribution in [0.3, 0.4) is 0 Å². The highest BCUT2D eigenvalue weighted by atomic mass is 32.1. The monoisotopic (exact) mass is 292 g/mol. The molecule has 1 aliphatic carbocycles. The van der Waals surface area contributed by atoms with Crippen LogP contribution in [0.2, 0.25) is 0 Å². The van der Waals surface area contributed by atoms with Crippen molar-refractivity contribution in [2.24, 2.45) is 5.92 Å². The lowest BCUT2D eigenvalue weighted by molar-refractivity contribution is -0.132. The molecule has 0 radical (unpaired) electrons. The third-order valence-corrected chi connectivity index (χ3v) is 5.18. The highest BCUT2D eigenvalue weighted by Gasteiger charge is 2.25. The summed E-state index contributed by atoms with van der Waals surface area (Å²) in [5.41, 5.74) is 1.30. The summed E-state index contributed by atoms with van der Waals surface area (Å²) in [4.78, 5) is 14.2. The zero-order valence-electron chi connectivity index (χ0n) is 12.0. The molecule has 0 spiro atoms. The van der Waals surface area contributed by atoms with Crippen LogP contribution in [0.1, 0.15) is 37.7 Å². The van der Waals surface area contributed by atoms with E-state index in [0.717, 1.165) is 38.3 Å². The van der Waals surface area contributed by atoms with Gasteiger partial charge in [-0.15, -0.1) is 0 Å². The Kier molecular flexibility index (Phi) is 4.73. The van der Waals surface area contributed by atoms with E-state index in [9.17, 15) is 4.79 Å². The Bertz CT molecular complexity index is 420. The molecule has 4 heteroatoms. The quantitative estimate of drug-likeness (QED) is 0.874. The van der Waals surface area contributed by atoms with E-state index in [4.69, 9.17) is 0 Å². The fourth-order valence-corrected chi connectivity index (χ4v) is 3.54. The van der Waals surface area contributed by atoms with Crippen LogP contribution in [0.5, 0.6) is 0 Å². The molecule has 1 saturated carbocycles. The molecule has 0 aromatic carbocycles. The highest BCUT2D eigenvalue weighted by molar-refractivity contribution is 7.07. The Hall–Kier alpha value is -0.870. The fraction of sp³-hybridized carbons (Fsp3) is 0.688. The van der Waals surface area contributed by atoms with Gasteiger partial charge in [-0.25, -0.2) is 0 Å². The van der Waals surface area contributed by atoms with Crippen LogP contribution in [0.25, 0.3) is 0 Å². The maximum atomic E-state index is 12.2. The van der Waals surface area contributed by atoms with Gasteiger partial charge in [-0.3, -0.25) is 4.79 Å². The molecule has 1 aliphatic heterocycles. The van der Waals surface area contributed by atoms with Crippen LogP contribution >= 0.6 is 11.3 Å². The minimum absolute atomic E-state index is 0.330. The Labute approximate surface area is 125 Å². The average molecular weight is 292 g/mol. The fourth-order valence-electron chi connectivity index (χ4n) is 2.83. The molecule has 20 heavy (non-hydrogen) atoms. The van der Waals surface area contributed by atoms with Crippen LogP contribution in [0.4, 0.5) is 0 Å². The maximum Gasteiger partial charge on any atom is 0.222 e. The summed E-state index contributed by atoms with van der Waals surface area (Å²) < 4.78 is 0. The lowest BCUT2D eigenvalue weighted by Crippen LogP contribution is -2.45. The van der Waals surface area contributed by atoms with Crippen LogP contribution < -0.4 is 5.32 Å². The Morgan fingerprint density at radius 2 is 2.10 bits per heavy atom. The first kappa shape index (κ1) is 14.1. The van der Waals surface area contributed by atoms with Gasteiger partial charge in [0.05, 0.1) is 0 Å². The van der Waals surface area contributed by atoms with Gasteiger partial charge < -0.3 is 10.2 Å². The SMILES string of the molecule is O=C(CCc1ccsc1)N1CCC(NCC2CC2)CC1. The second kappa shape index (κ2) is 6.72. The largest absolute Gasteiger partial charge is 0.343 e. The van der Waals surface area contributed by atoms with Gasteiger partial charge in [-0.05, 0) is 67.0 Å². The number of nitrogens with one attached hydrogen (secondary N) is 1. The van der Waals surface area contributed by atoms with Gasteiger partial charge in [0.1, 0.15) is 0 Å². The van der Waals surface area contributed by atoms with Crippen molar-refractivity contribution in [3.05, 3.63) is 22.4 Å². The van der Waals surface area contributed by atoms with Crippen molar-refractivity contribution in [3.8, 4) is 0 Å². The van der Waals surface area contributed by atoms with Crippen molar-refractivity contribution in [1.29, 1.82) is 0 Å². The number of rotatable bonds is 6. The molecular weight excluding hydrogens is 268 g/mol. The van der Waals surface area contributed by atoms with E-state index in [0.29, 0.717) is 18.4 Å². The molecule has 0 atom stereocenters. The number of amides is 1. The molecule has 2 fully saturated rings. The number of nitrogens with zero attached hydrogens (tertiary/aromatic N) is 1. The third-order valence-electron chi connectivity index (χ3n) is 4.45. The van der Waals surface area contributed by atoms with Gasteiger partial charge in [0, 0.05) is 25.6 Å². The van der Waals surface area contributed by atoms with E-state index in [-0.39, 0.29) is 0 Å². The predicted molar refractivity (Wildman–Crippen MR) is 83.0 cm³/mol. The number of hydrogen-bond acceptors (Lipinski definition) is 3. The van der Waals surface area contributed by atoms with E-state index in [1.54, 1.807) is 11.3 Å². The Morgan fingerprint density at radius 3 is 2.75 bits per heavy atom. The number of likely N-dealkylation sites (tertiary alicyclic amines) is 1. The number of hydrogen-bond donors (Lipinski definition) is 1. The minimum atomic E-state index is 0.330. The standard InChI is InChI=1S/C16H24N2OS/c19-16(4-3-14-7-10-20-12-14)18-8-5-15(6-9-18)17-11-13-1-2-13/h7,10,12-13,15,17H,1-6,8-9,11H2. The number of piperidine rings is 1. The van der Waals surface area contributed by atoms with Gasteiger partial charge in [0.15, 0.2) is 0 Å². The van der Waals surface area contributed by atoms with E-state index in [1.165, 1.54) is 24.9 Å². The molecule has 3 nitrogen and oxygen atoms in total. The van der Waals surface area contributed by atoms with Crippen molar-refractivity contribution in [2.75, 3.05) is 19.6 Å². The predicted octanol–water partition coefficient (Wildman–Crippen LogP) is 2.67. The normalized spacial score (nSPS) is 20.3. The molecule has 2 aliphatic rings. The Morgan fingerprint density at radius 1 is 1.30 bits per heavy atom. The molecule has 110 valence electrons. The molecule has 1 aromatic heterocycles. The number of thiophene rings is 1. The van der Waals surface area contributed by atoms with Gasteiger partial charge in [0.25, 0.3) is 0 Å². The first-order chi connectivity index (χ1) is 9.81. The first-order valence-electron chi connectivity index (χ1n) is 7.83. The van der Waals surface area contributed by atoms with E-state index < -0.39 is 0 Å². The molecule has 0 bridgehead atoms.